The van der Waals surface area contributed by atoms with Gasteiger partial charge in [0.15, 0.2) is 0 Å². The number of carbonyl (C=O) groups is 2. The zero-order valence-corrected chi connectivity index (χ0v) is 11.5. The monoisotopic (exact) mass is 291 g/mol. The van der Waals surface area contributed by atoms with E-state index in [-0.39, 0.29) is 12.3 Å². The molecule has 2 aromatic rings. The number of ether oxygens (including phenoxy) is 2. The normalized spacial score (nSPS) is 10.2. The largest absolute Gasteiger partial charge is 0.497 e. The van der Waals surface area contributed by atoms with Gasteiger partial charge in [0.2, 0.25) is 0 Å². The molecule has 0 unspecified atom stereocenters. The third-order valence-corrected chi connectivity index (χ3v) is 2.65. The van der Waals surface area contributed by atoms with E-state index in [0.29, 0.717) is 16.7 Å². The molecule has 0 aliphatic heterocycles. The molecule has 1 N–H and O–H groups in total. The van der Waals surface area contributed by atoms with E-state index < -0.39 is 17.5 Å². The summed E-state index contributed by atoms with van der Waals surface area (Å²) in [6.07, 6.45) is 0. The maximum atomic E-state index is 11.7. The van der Waals surface area contributed by atoms with Crippen molar-refractivity contribution < 1.29 is 23.5 Å². The van der Waals surface area contributed by atoms with Crippen molar-refractivity contribution in [3.05, 3.63) is 34.7 Å². The third-order valence-electron chi connectivity index (χ3n) is 2.65. The van der Waals surface area contributed by atoms with Crippen LogP contribution in [0.5, 0.6) is 5.75 Å². The van der Waals surface area contributed by atoms with E-state index in [1.807, 2.05) is 0 Å². The molecule has 1 aromatic carbocycles. The van der Waals surface area contributed by atoms with Crippen molar-refractivity contribution in [3.63, 3.8) is 0 Å². The highest BCUT2D eigenvalue weighted by Crippen LogP contribution is 2.21. The van der Waals surface area contributed by atoms with Crippen LogP contribution in [0.1, 0.15) is 6.92 Å². The lowest BCUT2D eigenvalue weighted by molar-refractivity contribution is -0.152. The molecule has 0 aliphatic carbocycles. The van der Waals surface area contributed by atoms with Crippen LogP contribution in [0, 0.1) is 0 Å². The first kappa shape index (κ1) is 14.6. The minimum Gasteiger partial charge on any atom is -0.497 e. The van der Waals surface area contributed by atoms with Gasteiger partial charge in [-0.25, -0.2) is 9.59 Å². The van der Waals surface area contributed by atoms with E-state index in [4.69, 9.17) is 9.15 Å². The van der Waals surface area contributed by atoms with E-state index in [1.165, 1.54) is 13.2 Å². The Morgan fingerprint density at radius 3 is 2.71 bits per heavy atom. The smallest absolute Gasteiger partial charge is 0.397 e. The molecular formula is C14H13NO6. The molecule has 0 spiro atoms. The second kappa shape index (κ2) is 6.08. The van der Waals surface area contributed by atoms with Gasteiger partial charge in [0, 0.05) is 5.39 Å². The highest BCUT2D eigenvalue weighted by Gasteiger charge is 2.17. The van der Waals surface area contributed by atoms with Crippen LogP contribution in [-0.4, -0.2) is 25.6 Å². The van der Waals surface area contributed by atoms with Crippen molar-refractivity contribution >= 4 is 28.5 Å². The fourth-order valence-electron chi connectivity index (χ4n) is 1.69. The number of hydrogen-bond donors (Lipinski definition) is 1. The fraction of sp³-hybridized carbons (Fsp3) is 0.214. The summed E-state index contributed by atoms with van der Waals surface area (Å²) in [6.45, 7) is 1.64. The van der Waals surface area contributed by atoms with Crippen LogP contribution in [0.15, 0.2) is 33.5 Å². The summed E-state index contributed by atoms with van der Waals surface area (Å²) in [5.41, 5.74) is -0.561. The van der Waals surface area contributed by atoms with Crippen LogP contribution in [0.25, 0.3) is 11.0 Å². The second-order valence-electron chi connectivity index (χ2n) is 4.03. The number of methoxy groups -OCH3 is 1. The Hall–Kier alpha value is -2.83. The molecule has 0 saturated heterocycles. The van der Waals surface area contributed by atoms with Gasteiger partial charge in [-0.3, -0.25) is 4.79 Å². The summed E-state index contributed by atoms with van der Waals surface area (Å²) in [5, 5.41) is 2.71. The van der Waals surface area contributed by atoms with E-state index in [0.717, 1.165) is 0 Å². The predicted octanol–water partition coefficient (Wildman–Crippen LogP) is 1.30. The molecule has 7 heteroatoms. The Labute approximate surface area is 119 Å². The van der Waals surface area contributed by atoms with E-state index in [9.17, 15) is 14.4 Å². The molecule has 0 radical (unpaired) electrons. The number of rotatable bonds is 3. The summed E-state index contributed by atoms with van der Waals surface area (Å²) in [5.74, 6) is -1.53. The third kappa shape index (κ3) is 3.19. The Morgan fingerprint density at radius 2 is 2.05 bits per heavy atom. The van der Waals surface area contributed by atoms with Gasteiger partial charge in [-0.1, -0.05) is 0 Å². The molecule has 21 heavy (non-hydrogen) atoms. The molecule has 0 fully saturated rings. The first-order chi connectivity index (χ1) is 10.0. The first-order valence-electron chi connectivity index (χ1n) is 6.15. The summed E-state index contributed by atoms with van der Waals surface area (Å²) in [7, 11) is 1.50. The standard InChI is InChI=1S/C14H13NO6/c1-3-20-14(18)12(16)15-10-7-8-6-9(19-2)4-5-11(8)21-13(10)17/h4-7H,3H2,1-2H3,(H,15,16). The van der Waals surface area contributed by atoms with Crippen molar-refractivity contribution in [2.45, 2.75) is 6.92 Å². The minimum atomic E-state index is -1.07. The van der Waals surface area contributed by atoms with E-state index in [1.54, 1.807) is 25.1 Å². The fourth-order valence-corrected chi connectivity index (χ4v) is 1.69. The number of benzene rings is 1. The van der Waals surface area contributed by atoms with Crippen molar-refractivity contribution in [1.82, 2.24) is 0 Å². The predicted molar refractivity (Wildman–Crippen MR) is 74.3 cm³/mol. The van der Waals surface area contributed by atoms with Crippen molar-refractivity contribution in [1.29, 1.82) is 0 Å². The molecule has 1 amide bonds. The minimum absolute atomic E-state index is 0.0653. The second-order valence-corrected chi connectivity index (χ2v) is 4.03. The highest BCUT2D eigenvalue weighted by atomic mass is 16.5. The molecule has 110 valence electrons. The van der Waals surface area contributed by atoms with Gasteiger partial charge in [-0.15, -0.1) is 0 Å². The maximum Gasteiger partial charge on any atom is 0.397 e. The quantitative estimate of drug-likeness (QED) is 0.520. The van der Waals surface area contributed by atoms with Crippen LogP contribution >= 0.6 is 0 Å². The SMILES string of the molecule is CCOC(=O)C(=O)Nc1cc2cc(OC)ccc2oc1=O. The molecule has 0 saturated carbocycles. The molecule has 1 heterocycles. The summed E-state index contributed by atoms with van der Waals surface area (Å²) in [4.78, 5) is 34.5. The van der Waals surface area contributed by atoms with Crippen molar-refractivity contribution in [2.24, 2.45) is 0 Å². The number of amides is 1. The van der Waals surface area contributed by atoms with Gasteiger partial charge < -0.3 is 19.2 Å². The number of anilines is 1. The Bertz CT molecular complexity index is 749. The molecule has 7 nitrogen and oxygen atoms in total. The van der Waals surface area contributed by atoms with Crippen molar-refractivity contribution in [2.75, 3.05) is 19.0 Å². The van der Waals surface area contributed by atoms with Gasteiger partial charge in [-0.2, -0.15) is 0 Å². The Balaban J connectivity index is 2.35. The summed E-state index contributed by atoms with van der Waals surface area (Å²) >= 11 is 0. The first-order valence-corrected chi connectivity index (χ1v) is 6.15. The zero-order valence-electron chi connectivity index (χ0n) is 11.5. The maximum absolute atomic E-state index is 11.7. The topological polar surface area (TPSA) is 94.8 Å². The van der Waals surface area contributed by atoms with Crippen LogP contribution in [0.4, 0.5) is 5.69 Å². The van der Waals surface area contributed by atoms with Gasteiger partial charge in [0.1, 0.15) is 17.0 Å². The van der Waals surface area contributed by atoms with E-state index >= 15 is 0 Å². The molecule has 0 atom stereocenters. The highest BCUT2D eigenvalue weighted by molar-refractivity contribution is 6.37. The van der Waals surface area contributed by atoms with Gasteiger partial charge in [0.25, 0.3) is 0 Å². The lowest BCUT2D eigenvalue weighted by Crippen LogP contribution is -2.27. The summed E-state index contributed by atoms with van der Waals surface area (Å²) in [6, 6.07) is 6.26. The molecule has 0 bridgehead atoms. The zero-order chi connectivity index (χ0) is 15.4. The van der Waals surface area contributed by atoms with Crippen LogP contribution in [0.3, 0.4) is 0 Å². The van der Waals surface area contributed by atoms with E-state index in [2.05, 4.69) is 10.1 Å². The lowest BCUT2D eigenvalue weighted by Gasteiger charge is -2.05. The number of fused-ring (bicyclic) bond motifs is 1. The molecule has 2 rings (SSSR count). The Kier molecular flexibility index (Phi) is 4.22. The number of esters is 1. The number of nitrogens with one attached hydrogen (secondary N) is 1. The van der Waals surface area contributed by atoms with Crippen LogP contribution in [-0.2, 0) is 14.3 Å². The van der Waals surface area contributed by atoms with Crippen molar-refractivity contribution in [3.8, 4) is 5.75 Å². The number of hydrogen-bond acceptors (Lipinski definition) is 6. The molecule has 1 aromatic heterocycles. The summed E-state index contributed by atoms with van der Waals surface area (Å²) < 4.78 is 14.7. The van der Waals surface area contributed by atoms with Crippen LogP contribution in [0.2, 0.25) is 0 Å². The molecule has 0 aliphatic rings. The van der Waals surface area contributed by atoms with Gasteiger partial charge in [-0.05, 0) is 31.2 Å². The Morgan fingerprint density at radius 1 is 1.29 bits per heavy atom. The van der Waals surface area contributed by atoms with Gasteiger partial charge >= 0.3 is 17.5 Å². The van der Waals surface area contributed by atoms with Gasteiger partial charge in [0.05, 0.1) is 13.7 Å². The van der Waals surface area contributed by atoms with Crippen LogP contribution < -0.4 is 15.7 Å². The number of carbonyl (C=O) groups excluding carboxylic acids is 2. The average molecular weight is 291 g/mol. The average Bonchev–Trinajstić information content (AvgIpc) is 2.47. The lowest BCUT2D eigenvalue weighted by atomic mass is 10.2. The molecular weight excluding hydrogens is 278 g/mol.